The second-order valence-corrected chi connectivity index (χ2v) is 9.55. The van der Waals surface area contributed by atoms with Crippen LogP contribution in [0.4, 0.5) is 0 Å². The average Bonchev–Trinajstić information content (AvgIpc) is 3.11. The van der Waals surface area contributed by atoms with Crippen molar-refractivity contribution in [3.63, 3.8) is 0 Å². The van der Waals surface area contributed by atoms with Gasteiger partial charge in [-0.2, -0.15) is 0 Å². The van der Waals surface area contributed by atoms with Gasteiger partial charge in [-0.3, -0.25) is 19.2 Å². The lowest BCUT2D eigenvalue weighted by molar-refractivity contribution is -0.174. The van der Waals surface area contributed by atoms with E-state index in [1.807, 2.05) is 18.2 Å². The molecule has 4 atom stereocenters. The molecule has 0 saturated carbocycles. The van der Waals surface area contributed by atoms with Crippen molar-refractivity contribution in [2.45, 2.75) is 43.8 Å². The Hall–Kier alpha value is -3.70. The molecule has 10 nitrogen and oxygen atoms in total. The van der Waals surface area contributed by atoms with E-state index in [9.17, 15) is 29.1 Å². The SMILES string of the molecule is C=C(C)C(C(=O)O)N1C(=O)C(OCC)C1SN1C(=O)CC(NC(=O)c2cccc3ccccc23)C1=O. The summed E-state index contributed by atoms with van der Waals surface area (Å²) in [5.74, 6) is -3.56. The van der Waals surface area contributed by atoms with Crippen LogP contribution < -0.4 is 5.32 Å². The molecule has 2 aromatic rings. The first-order valence-electron chi connectivity index (χ1n) is 11.3. The number of likely N-dealkylation sites (tertiary alicyclic amines) is 1. The zero-order chi connectivity index (χ0) is 26.1. The highest BCUT2D eigenvalue weighted by molar-refractivity contribution is 7.98. The lowest BCUT2D eigenvalue weighted by Crippen LogP contribution is -2.69. The number of hydrogen-bond acceptors (Lipinski definition) is 7. The summed E-state index contributed by atoms with van der Waals surface area (Å²) in [5, 5.41) is 12.9. The predicted octanol–water partition coefficient (Wildman–Crippen LogP) is 1.95. The summed E-state index contributed by atoms with van der Waals surface area (Å²) in [4.78, 5) is 64.3. The summed E-state index contributed by atoms with van der Waals surface area (Å²) in [5.41, 5.74) is 0.591. The Morgan fingerprint density at radius 2 is 1.86 bits per heavy atom. The van der Waals surface area contributed by atoms with Gasteiger partial charge in [0.25, 0.3) is 17.7 Å². The van der Waals surface area contributed by atoms with E-state index in [0.29, 0.717) is 10.9 Å². The van der Waals surface area contributed by atoms with Gasteiger partial charge in [0.2, 0.25) is 5.91 Å². The molecule has 2 aliphatic heterocycles. The van der Waals surface area contributed by atoms with Crippen LogP contribution in [0.5, 0.6) is 0 Å². The number of nitrogens with zero attached hydrogens (tertiary/aromatic N) is 2. The van der Waals surface area contributed by atoms with E-state index in [1.54, 1.807) is 31.2 Å². The number of rotatable bonds is 9. The molecule has 0 bridgehead atoms. The minimum absolute atomic E-state index is 0.178. The van der Waals surface area contributed by atoms with Crippen LogP contribution in [0.25, 0.3) is 10.8 Å². The van der Waals surface area contributed by atoms with Crippen molar-refractivity contribution in [1.29, 1.82) is 0 Å². The van der Waals surface area contributed by atoms with Gasteiger partial charge >= 0.3 is 5.97 Å². The predicted molar refractivity (Wildman–Crippen MR) is 132 cm³/mol. The normalized spacial score (nSPS) is 22.5. The van der Waals surface area contributed by atoms with Crippen LogP contribution in [-0.4, -0.2) is 74.1 Å². The van der Waals surface area contributed by atoms with Crippen molar-refractivity contribution in [2.75, 3.05) is 6.61 Å². The molecule has 4 amide bonds. The topological polar surface area (TPSA) is 133 Å². The van der Waals surface area contributed by atoms with E-state index in [1.165, 1.54) is 6.92 Å². The Morgan fingerprint density at radius 1 is 1.17 bits per heavy atom. The van der Waals surface area contributed by atoms with E-state index >= 15 is 0 Å². The molecule has 2 N–H and O–H groups in total. The summed E-state index contributed by atoms with van der Waals surface area (Å²) < 4.78 is 6.34. The molecule has 2 heterocycles. The molecule has 4 rings (SSSR count). The first-order valence-corrected chi connectivity index (χ1v) is 12.1. The van der Waals surface area contributed by atoms with Gasteiger partial charge in [-0.25, -0.2) is 9.10 Å². The van der Waals surface area contributed by atoms with Crippen LogP contribution in [0, 0.1) is 0 Å². The molecule has 2 aliphatic rings. The monoisotopic (exact) mass is 511 g/mol. The smallest absolute Gasteiger partial charge is 0.330 e. The minimum Gasteiger partial charge on any atom is -0.479 e. The molecule has 188 valence electrons. The van der Waals surface area contributed by atoms with E-state index in [4.69, 9.17) is 4.74 Å². The van der Waals surface area contributed by atoms with Crippen LogP contribution in [-0.2, 0) is 23.9 Å². The number of amides is 4. The van der Waals surface area contributed by atoms with Crippen LogP contribution >= 0.6 is 11.9 Å². The van der Waals surface area contributed by atoms with E-state index in [0.717, 1.165) is 26.5 Å². The van der Waals surface area contributed by atoms with E-state index in [2.05, 4.69) is 11.9 Å². The van der Waals surface area contributed by atoms with Gasteiger partial charge in [0.1, 0.15) is 11.4 Å². The van der Waals surface area contributed by atoms with Gasteiger partial charge in [-0.15, -0.1) is 0 Å². The van der Waals surface area contributed by atoms with Crippen LogP contribution in [0.3, 0.4) is 0 Å². The number of carboxylic acid groups (broad SMARTS) is 1. The second-order valence-electron chi connectivity index (χ2n) is 8.49. The highest BCUT2D eigenvalue weighted by atomic mass is 32.2. The van der Waals surface area contributed by atoms with Gasteiger partial charge < -0.3 is 20.1 Å². The first kappa shape index (κ1) is 25.4. The molecule has 0 aliphatic carbocycles. The lowest BCUT2D eigenvalue weighted by Gasteiger charge is -2.49. The zero-order valence-corrected chi connectivity index (χ0v) is 20.5. The molecule has 0 aromatic heterocycles. The van der Waals surface area contributed by atoms with Gasteiger partial charge in [-0.05, 0) is 48.2 Å². The number of hydrogen-bond donors (Lipinski definition) is 2. The number of fused-ring (bicyclic) bond motifs is 1. The molecule has 0 radical (unpaired) electrons. The van der Waals surface area contributed by atoms with Crippen molar-refractivity contribution in [3.05, 3.63) is 60.2 Å². The Morgan fingerprint density at radius 3 is 2.53 bits per heavy atom. The molecule has 2 saturated heterocycles. The Labute approximate surface area is 211 Å². The Balaban J connectivity index is 1.52. The summed E-state index contributed by atoms with van der Waals surface area (Å²) in [6, 6.07) is 10.1. The summed E-state index contributed by atoms with van der Waals surface area (Å²) in [6.45, 7) is 6.99. The highest BCUT2D eigenvalue weighted by Gasteiger charge is 2.56. The second kappa shape index (κ2) is 10.1. The lowest BCUT2D eigenvalue weighted by atomic mass is 10.0. The first-order chi connectivity index (χ1) is 17.1. The maximum atomic E-state index is 13.1. The fourth-order valence-electron chi connectivity index (χ4n) is 4.34. The van der Waals surface area contributed by atoms with Gasteiger partial charge in [0.15, 0.2) is 12.1 Å². The quantitative estimate of drug-likeness (QED) is 0.226. The fraction of sp³-hybridized carbons (Fsp3) is 0.320. The molecular weight excluding hydrogens is 486 g/mol. The van der Waals surface area contributed by atoms with Gasteiger partial charge in [-0.1, -0.05) is 43.0 Å². The standard InChI is InChI=1S/C25H25N3O7S/c1-4-35-20-23(32)27(19(13(2)3)25(33)34)24(20)36-28-18(29)12-17(22(28)31)26-21(30)16-11-7-9-14-8-5-6-10-15(14)16/h5-11,17,19-20,24H,2,4,12H2,1,3H3,(H,26,30)(H,33,34). The number of imide groups is 1. The molecule has 2 fully saturated rings. The van der Waals surface area contributed by atoms with E-state index in [-0.39, 0.29) is 18.6 Å². The number of nitrogens with one attached hydrogen (secondary N) is 1. The number of ether oxygens (including phenoxy) is 1. The van der Waals surface area contributed by atoms with Crippen molar-refractivity contribution in [1.82, 2.24) is 14.5 Å². The van der Waals surface area contributed by atoms with Crippen LogP contribution in [0.2, 0.25) is 0 Å². The number of carboxylic acids is 1. The van der Waals surface area contributed by atoms with Crippen molar-refractivity contribution in [3.8, 4) is 0 Å². The molecule has 0 spiro atoms. The van der Waals surface area contributed by atoms with Gasteiger partial charge in [0, 0.05) is 12.2 Å². The summed E-state index contributed by atoms with van der Waals surface area (Å²) in [6.07, 6.45) is -1.28. The van der Waals surface area contributed by atoms with Gasteiger partial charge in [0.05, 0.1) is 6.42 Å². The molecule has 4 unspecified atom stereocenters. The molecular formula is C25H25N3O7S. The number of carbonyl (C=O) groups excluding carboxylic acids is 4. The molecule has 2 aromatic carbocycles. The largest absolute Gasteiger partial charge is 0.479 e. The van der Waals surface area contributed by atoms with Crippen LogP contribution in [0.1, 0.15) is 30.6 Å². The summed E-state index contributed by atoms with van der Waals surface area (Å²) in [7, 11) is 0. The fourth-order valence-corrected chi connectivity index (χ4v) is 5.61. The number of aliphatic carboxylic acids is 1. The van der Waals surface area contributed by atoms with E-state index < -0.39 is 53.2 Å². The van der Waals surface area contributed by atoms with Crippen molar-refractivity contribution < 1.29 is 33.8 Å². The van der Waals surface area contributed by atoms with Crippen molar-refractivity contribution >= 4 is 52.3 Å². The third-order valence-corrected chi connectivity index (χ3v) is 7.30. The zero-order valence-electron chi connectivity index (χ0n) is 19.7. The minimum atomic E-state index is -1.33. The Bertz CT molecular complexity index is 1260. The number of benzene rings is 2. The molecule has 36 heavy (non-hydrogen) atoms. The molecule has 11 heteroatoms. The number of carbonyl (C=O) groups is 5. The average molecular weight is 512 g/mol. The Kier molecular flexibility index (Phi) is 7.14. The third kappa shape index (κ3) is 4.47. The number of β-lactam (4-membered cyclic amide) rings is 1. The highest BCUT2D eigenvalue weighted by Crippen LogP contribution is 2.39. The summed E-state index contributed by atoms with van der Waals surface area (Å²) >= 11 is 0.721. The van der Waals surface area contributed by atoms with Crippen LogP contribution in [0.15, 0.2) is 54.6 Å². The van der Waals surface area contributed by atoms with Crippen molar-refractivity contribution in [2.24, 2.45) is 0 Å². The third-order valence-electron chi connectivity index (χ3n) is 6.01. The maximum absolute atomic E-state index is 13.1. The maximum Gasteiger partial charge on any atom is 0.330 e.